The van der Waals surface area contributed by atoms with Crippen molar-refractivity contribution in [1.82, 2.24) is 24.2 Å². The topological polar surface area (TPSA) is 156 Å². The van der Waals surface area contributed by atoms with Crippen LogP contribution in [0.15, 0.2) is 6.33 Å². The Bertz CT molecular complexity index is 856. The Morgan fingerprint density at radius 2 is 2.09 bits per heavy atom. The summed E-state index contributed by atoms with van der Waals surface area (Å²) >= 11 is 5.79. The molecule has 0 aromatic carbocycles. The summed E-state index contributed by atoms with van der Waals surface area (Å²) < 4.78 is 26.5. The van der Waals surface area contributed by atoms with Crippen LogP contribution in [0.4, 0.5) is 5.82 Å². The first-order valence-electron chi connectivity index (χ1n) is 6.66. The summed E-state index contributed by atoms with van der Waals surface area (Å²) in [6.45, 7) is 0. The van der Waals surface area contributed by atoms with E-state index < -0.39 is 34.3 Å². The molecule has 5 N–H and O–H groups in total. The SMILES string of the molecule is CS(=O)(=O)N[C@H]1CC(n2cnc3c(N)nc(Cl)nc32)[C@H](O)[C@@H]1O. The fourth-order valence-electron chi connectivity index (χ4n) is 2.83. The van der Waals surface area contributed by atoms with Crippen LogP contribution in [0.5, 0.6) is 0 Å². The van der Waals surface area contributed by atoms with Gasteiger partial charge in [0.15, 0.2) is 11.5 Å². The van der Waals surface area contributed by atoms with Crippen LogP contribution < -0.4 is 10.5 Å². The van der Waals surface area contributed by atoms with Gasteiger partial charge in [0.05, 0.1) is 30.8 Å². The molecule has 23 heavy (non-hydrogen) atoms. The number of halogens is 1. The lowest BCUT2D eigenvalue weighted by atomic mass is 10.2. The van der Waals surface area contributed by atoms with E-state index in [-0.39, 0.29) is 17.5 Å². The average Bonchev–Trinajstić information content (AvgIpc) is 2.94. The summed E-state index contributed by atoms with van der Waals surface area (Å²) in [5.41, 5.74) is 6.35. The number of nitrogens with two attached hydrogens (primary N) is 1. The molecule has 3 rings (SSSR count). The predicted molar refractivity (Wildman–Crippen MR) is 82.2 cm³/mol. The predicted octanol–water partition coefficient (Wildman–Crippen LogP) is -1.35. The molecule has 0 amide bonds. The number of nitrogens with zero attached hydrogens (tertiary/aromatic N) is 4. The molecule has 126 valence electrons. The summed E-state index contributed by atoms with van der Waals surface area (Å²) in [6.07, 6.45) is 0.0703. The molecule has 0 aliphatic heterocycles. The molecule has 12 heteroatoms. The summed E-state index contributed by atoms with van der Waals surface area (Å²) in [4.78, 5) is 11.9. The number of sulfonamides is 1. The number of hydrogen-bond acceptors (Lipinski definition) is 8. The first-order chi connectivity index (χ1) is 10.7. The number of anilines is 1. The smallest absolute Gasteiger partial charge is 0.226 e. The standard InChI is InChI=1S/C11H15ClN6O4S/c1-23(21,22)17-4-2-5(8(20)7(4)19)18-3-14-6-9(13)15-11(12)16-10(6)18/h3-5,7-8,17,19-20H,2H2,1H3,(H2,13,15,16)/t4-,5?,7+,8-/m0/s1. The minimum atomic E-state index is -3.52. The molecule has 1 aliphatic carbocycles. The second-order valence-electron chi connectivity index (χ2n) is 5.48. The Morgan fingerprint density at radius 3 is 2.74 bits per heavy atom. The van der Waals surface area contributed by atoms with E-state index in [1.807, 2.05) is 0 Å². The number of nitrogens with one attached hydrogen (secondary N) is 1. The molecule has 0 radical (unpaired) electrons. The van der Waals surface area contributed by atoms with E-state index in [4.69, 9.17) is 17.3 Å². The lowest BCUT2D eigenvalue weighted by Gasteiger charge is -2.18. The first-order valence-corrected chi connectivity index (χ1v) is 8.93. The van der Waals surface area contributed by atoms with Crippen molar-refractivity contribution < 1.29 is 18.6 Å². The zero-order valence-corrected chi connectivity index (χ0v) is 13.5. The van der Waals surface area contributed by atoms with Crippen LogP contribution in [0.1, 0.15) is 12.5 Å². The van der Waals surface area contributed by atoms with Gasteiger partial charge in [0.25, 0.3) is 0 Å². The number of aromatic nitrogens is 4. The Kier molecular flexibility index (Phi) is 3.92. The van der Waals surface area contributed by atoms with Crippen molar-refractivity contribution in [3.63, 3.8) is 0 Å². The van der Waals surface area contributed by atoms with Crippen LogP contribution in [0.25, 0.3) is 11.2 Å². The minimum Gasteiger partial charge on any atom is -0.389 e. The van der Waals surface area contributed by atoms with Gasteiger partial charge in [0.1, 0.15) is 11.6 Å². The van der Waals surface area contributed by atoms with E-state index in [0.717, 1.165) is 6.26 Å². The summed E-state index contributed by atoms with van der Waals surface area (Å²) in [5.74, 6) is 0.0950. The summed E-state index contributed by atoms with van der Waals surface area (Å²) in [6, 6.07) is -1.46. The van der Waals surface area contributed by atoms with E-state index in [1.54, 1.807) is 0 Å². The zero-order chi connectivity index (χ0) is 16.9. The van der Waals surface area contributed by atoms with Gasteiger partial charge in [0.2, 0.25) is 15.3 Å². The Balaban J connectivity index is 1.99. The van der Waals surface area contributed by atoms with Crippen molar-refractivity contribution in [2.75, 3.05) is 12.0 Å². The van der Waals surface area contributed by atoms with Gasteiger partial charge in [0, 0.05) is 0 Å². The lowest BCUT2D eigenvalue weighted by Crippen LogP contribution is -2.42. The Hall–Kier alpha value is -1.53. The number of fused-ring (bicyclic) bond motifs is 1. The van der Waals surface area contributed by atoms with Gasteiger partial charge in [-0.2, -0.15) is 9.97 Å². The second kappa shape index (κ2) is 5.53. The van der Waals surface area contributed by atoms with Crippen molar-refractivity contribution in [2.24, 2.45) is 0 Å². The van der Waals surface area contributed by atoms with Crippen LogP contribution in [-0.2, 0) is 10.0 Å². The quantitative estimate of drug-likeness (QED) is 0.488. The normalized spacial score (nSPS) is 28.5. The van der Waals surface area contributed by atoms with Gasteiger partial charge >= 0.3 is 0 Å². The highest BCUT2D eigenvalue weighted by Crippen LogP contribution is 2.34. The third-order valence-electron chi connectivity index (χ3n) is 3.80. The van der Waals surface area contributed by atoms with Crippen molar-refractivity contribution >= 4 is 38.6 Å². The van der Waals surface area contributed by atoms with E-state index in [1.165, 1.54) is 10.9 Å². The monoisotopic (exact) mass is 362 g/mol. The molecule has 2 aromatic rings. The third kappa shape index (κ3) is 2.97. The molecule has 0 saturated heterocycles. The molecule has 1 fully saturated rings. The maximum atomic E-state index is 11.4. The number of aliphatic hydroxyl groups is 2. The average molecular weight is 363 g/mol. The molecule has 2 aromatic heterocycles. The largest absolute Gasteiger partial charge is 0.389 e. The molecular weight excluding hydrogens is 348 g/mol. The molecule has 0 spiro atoms. The molecular formula is C11H15ClN6O4S. The molecule has 0 bridgehead atoms. The van der Waals surface area contributed by atoms with Crippen LogP contribution in [0, 0.1) is 0 Å². The first kappa shape index (κ1) is 16.3. The fraction of sp³-hybridized carbons (Fsp3) is 0.545. The highest BCUT2D eigenvalue weighted by molar-refractivity contribution is 7.88. The Morgan fingerprint density at radius 1 is 1.39 bits per heavy atom. The van der Waals surface area contributed by atoms with Crippen LogP contribution >= 0.6 is 11.6 Å². The van der Waals surface area contributed by atoms with Gasteiger partial charge in [-0.05, 0) is 18.0 Å². The van der Waals surface area contributed by atoms with Crippen molar-refractivity contribution in [3.05, 3.63) is 11.6 Å². The van der Waals surface area contributed by atoms with Gasteiger partial charge in [-0.25, -0.2) is 18.1 Å². The summed E-state index contributed by atoms with van der Waals surface area (Å²) in [5, 5.41) is 20.3. The van der Waals surface area contributed by atoms with Crippen LogP contribution in [-0.4, -0.2) is 62.7 Å². The van der Waals surface area contributed by atoms with Gasteiger partial charge in [-0.15, -0.1) is 0 Å². The molecule has 1 unspecified atom stereocenters. The highest BCUT2D eigenvalue weighted by Gasteiger charge is 2.44. The van der Waals surface area contributed by atoms with Gasteiger partial charge < -0.3 is 20.5 Å². The fourth-order valence-corrected chi connectivity index (χ4v) is 3.79. The number of hydrogen-bond donors (Lipinski definition) is 4. The second-order valence-corrected chi connectivity index (χ2v) is 7.60. The lowest BCUT2D eigenvalue weighted by molar-refractivity contribution is 0.0169. The van der Waals surface area contributed by atoms with Crippen molar-refractivity contribution in [2.45, 2.75) is 30.7 Å². The molecule has 4 atom stereocenters. The molecule has 10 nitrogen and oxygen atoms in total. The van der Waals surface area contributed by atoms with E-state index in [9.17, 15) is 18.6 Å². The van der Waals surface area contributed by atoms with E-state index >= 15 is 0 Å². The van der Waals surface area contributed by atoms with Crippen molar-refractivity contribution in [3.8, 4) is 0 Å². The van der Waals surface area contributed by atoms with E-state index in [2.05, 4.69) is 19.7 Å². The zero-order valence-electron chi connectivity index (χ0n) is 12.0. The third-order valence-corrected chi connectivity index (χ3v) is 4.70. The Labute approximate surface area is 136 Å². The maximum Gasteiger partial charge on any atom is 0.226 e. The number of aliphatic hydroxyl groups excluding tert-OH is 2. The number of imidazole rings is 1. The highest BCUT2D eigenvalue weighted by atomic mass is 35.5. The van der Waals surface area contributed by atoms with Gasteiger partial charge in [-0.1, -0.05) is 0 Å². The van der Waals surface area contributed by atoms with Crippen LogP contribution in [0.3, 0.4) is 0 Å². The number of nitrogen functional groups attached to an aromatic ring is 1. The maximum absolute atomic E-state index is 11.4. The van der Waals surface area contributed by atoms with Crippen LogP contribution in [0.2, 0.25) is 5.28 Å². The van der Waals surface area contributed by atoms with Gasteiger partial charge in [-0.3, -0.25) is 0 Å². The molecule has 1 aliphatic rings. The molecule has 2 heterocycles. The van der Waals surface area contributed by atoms with Crippen molar-refractivity contribution in [1.29, 1.82) is 0 Å². The summed E-state index contributed by atoms with van der Waals surface area (Å²) in [7, 11) is -3.52. The number of rotatable bonds is 3. The van der Waals surface area contributed by atoms with E-state index in [0.29, 0.717) is 11.2 Å². The minimum absolute atomic E-state index is 0.0735. The molecule has 1 saturated carbocycles.